The lowest BCUT2D eigenvalue weighted by atomic mass is 10.1. The summed E-state index contributed by atoms with van der Waals surface area (Å²) >= 11 is 0. The van der Waals surface area contributed by atoms with Gasteiger partial charge in [-0.25, -0.2) is 4.79 Å². The van der Waals surface area contributed by atoms with Crippen molar-refractivity contribution in [2.75, 3.05) is 0 Å². The van der Waals surface area contributed by atoms with Crippen molar-refractivity contribution in [3.63, 3.8) is 0 Å². The van der Waals surface area contributed by atoms with Gasteiger partial charge in [0, 0.05) is 6.20 Å². The van der Waals surface area contributed by atoms with E-state index >= 15 is 0 Å². The van der Waals surface area contributed by atoms with Gasteiger partial charge in [-0.3, -0.25) is 4.98 Å². The SMILES string of the molecule is CC(C)c1ncc(C(=O)O)cc1OC1CC1. The Morgan fingerprint density at radius 3 is 2.75 bits per heavy atom. The maximum absolute atomic E-state index is 10.8. The molecule has 0 bridgehead atoms. The van der Waals surface area contributed by atoms with Crippen LogP contribution in [-0.4, -0.2) is 22.2 Å². The Morgan fingerprint density at radius 2 is 2.25 bits per heavy atom. The normalized spacial score (nSPS) is 15.2. The van der Waals surface area contributed by atoms with Crippen LogP contribution in [0.25, 0.3) is 0 Å². The molecule has 86 valence electrons. The van der Waals surface area contributed by atoms with Crippen molar-refractivity contribution in [1.82, 2.24) is 4.98 Å². The zero-order chi connectivity index (χ0) is 11.7. The molecule has 1 N–H and O–H groups in total. The molecule has 0 aliphatic heterocycles. The zero-order valence-electron chi connectivity index (χ0n) is 9.43. The number of hydrogen-bond donors (Lipinski definition) is 1. The first-order valence-electron chi connectivity index (χ1n) is 5.48. The van der Waals surface area contributed by atoms with E-state index in [0.717, 1.165) is 18.5 Å². The number of carboxylic acid groups (broad SMARTS) is 1. The first-order chi connectivity index (χ1) is 7.58. The molecule has 1 aromatic heterocycles. The molecule has 0 radical (unpaired) electrons. The van der Waals surface area contributed by atoms with Crippen molar-refractivity contribution < 1.29 is 14.6 Å². The molecule has 16 heavy (non-hydrogen) atoms. The Kier molecular flexibility index (Phi) is 2.81. The summed E-state index contributed by atoms with van der Waals surface area (Å²) in [6, 6.07) is 1.57. The lowest BCUT2D eigenvalue weighted by Gasteiger charge is -2.13. The van der Waals surface area contributed by atoms with Gasteiger partial charge < -0.3 is 9.84 Å². The summed E-state index contributed by atoms with van der Waals surface area (Å²) in [6.07, 6.45) is 3.74. The molecule has 2 rings (SSSR count). The first-order valence-corrected chi connectivity index (χ1v) is 5.48. The minimum atomic E-state index is -0.969. The molecule has 0 spiro atoms. The molecule has 1 saturated carbocycles. The van der Waals surface area contributed by atoms with Crippen LogP contribution in [0.2, 0.25) is 0 Å². The van der Waals surface area contributed by atoms with E-state index in [1.54, 1.807) is 6.07 Å². The Labute approximate surface area is 94.3 Å². The molecule has 4 heteroatoms. The minimum Gasteiger partial charge on any atom is -0.488 e. The van der Waals surface area contributed by atoms with Crippen molar-refractivity contribution >= 4 is 5.97 Å². The van der Waals surface area contributed by atoms with Crippen LogP contribution in [0.1, 0.15) is 48.7 Å². The smallest absolute Gasteiger partial charge is 0.337 e. The molecular weight excluding hydrogens is 206 g/mol. The fraction of sp³-hybridized carbons (Fsp3) is 0.500. The van der Waals surface area contributed by atoms with E-state index in [0.29, 0.717) is 5.75 Å². The second-order valence-corrected chi connectivity index (χ2v) is 4.38. The monoisotopic (exact) mass is 221 g/mol. The van der Waals surface area contributed by atoms with Gasteiger partial charge in [0.15, 0.2) is 0 Å². The maximum Gasteiger partial charge on any atom is 0.337 e. The third-order valence-corrected chi connectivity index (χ3v) is 2.49. The first kappa shape index (κ1) is 10.9. The number of rotatable bonds is 4. The molecule has 1 aliphatic rings. The molecule has 0 atom stereocenters. The highest BCUT2D eigenvalue weighted by atomic mass is 16.5. The quantitative estimate of drug-likeness (QED) is 0.848. The van der Waals surface area contributed by atoms with Crippen molar-refractivity contribution in [1.29, 1.82) is 0 Å². The number of nitrogens with zero attached hydrogens (tertiary/aromatic N) is 1. The van der Waals surface area contributed by atoms with Gasteiger partial charge in [0.25, 0.3) is 0 Å². The van der Waals surface area contributed by atoms with Crippen LogP contribution in [-0.2, 0) is 0 Å². The Balaban J connectivity index is 2.33. The van der Waals surface area contributed by atoms with Crippen LogP contribution >= 0.6 is 0 Å². The molecule has 1 aromatic rings. The number of pyridine rings is 1. The van der Waals surface area contributed by atoms with Crippen LogP contribution in [0.3, 0.4) is 0 Å². The molecule has 4 nitrogen and oxygen atoms in total. The van der Waals surface area contributed by atoms with E-state index in [1.807, 2.05) is 13.8 Å². The van der Waals surface area contributed by atoms with Crippen molar-refractivity contribution in [2.24, 2.45) is 0 Å². The molecule has 0 saturated heterocycles. The maximum atomic E-state index is 10.8. The predicted octanol–water partition coefficient (Wildman–Crippen LogP) is 2.44. The molecule has 1 aliphatic carbocycles. The van der Waals surface area contributed by atoms with Crippen LogP contribution in [0, 0.1) is 0 Å². The van der Waals surface area contributed by atoms with Crippen molar-refractivity contribution in [3.05, 3.63) is 23.5 Å². The third-order valence-electron chi connectivity index (χ3n) is 2.49. The van der Waals surface area contributed by atoms with Gasteiger partial charge in [-0.15, -0.1) is 0 Å². The highest BCUT2D eigenvalue weighted by Gasteiger charge is 2.26. The van der Waals surface area contributed by atoms with E-state index in [-0.39, 0.29) is 17.6 Å². The number of ether oxygens (including phenoxy) is 1. The fourth-order valence-electron chi connectivity index (χ4n) is 1.47. The van der Waals surface area contributed by atoms with Gasteiger partial charge in [-0.2, -0.15) is 0 Å². The minimum absolute atomic E-state index is 0.181. The molecule has 0 amide bonds. The van der Waals surface area contributed by atoms with E-state index in [2.05, 4.69) is 4.98 Å². The van der Waals surface area contributed by atoms with E-state index in [4.69, 9.17) is 9.84 Å². The number of aromatic carboxylic acids is 1. The average Bonchev–Trinajstić information content (AvgIpc) is 3.01. The van der Waals surface area contributed by atoms with Crippen LogP contribution < -0.4 is 4.74 Å². The second kappa shape index (κ2) is 4.12. The Morgan fingerprint density at radius 1 is 1.56 bits per heavy atom. The topological polar surface area (TPSA) is 59.4 Å². The average molecular weight is 221 g/mol. The third kappa shape index (κ3) is 2.32. The van der Waals surface area contributed by atoms with E-state index in [1.165, 1.54) is 6.20 Å². The summed E-state index contributed by atoms with van der Waals surface area (Å²) in [5.41, 5.74) is 1.01. The summed E-state index contributed by atoms with van der Waals surface area (Å²) in [6.45, 7) is 4.03. The second-order valence-electron chi connectivity index (χ2n) is 4.38. The van der Waals surface area contributed by atoms with Crippen molar-refractivity contribution in [3.8, 4) is 5.75 Å². The largest absolute Gasteiger partial charge is 0.488 e. The summed E-state index contributed by atoms with van der Waals surface area (Å²) in [4.78, 5) is 15.0. The van der Waals surface area contributed by atoms with Gasteiger partial charge in [0.2, 0.25) is 0 Å². The summed E-state index contributed by atoms with van der Waals surface area (Å²) in [5.74, 6) is -0.113. The summed E-state index contributed by atoms with van der Waals surface area (Å²) in [5, 5.41) is 8.89. The lowest BCUT2D eigenvalue weighted by Crippen LogP contribution is -2.06. The summed E-state index contributed by atoms with van der Waals surface area (Å²) < 4.78 is 5.68. The molecule has 0 aromatic carbocycles. The summed E-state index contributed by atoms with van der Waals surface area (Å²) in [7, 11) is 0. The van der Waals surface area contributed by atoms with E-state index in [9.17, 15) is 4.79 Å². The van der Waals surface area contributed by atoms with Crippen molar-refractivity contribution in [2.45, 2.75) is 38.7 Å². The number of hydrogen-bond acceptors (Lipinski definition) is 3. The number of carbonyl (C=O) groups is 1. The van der Waals surface area contributed by atoms with Crippen LogP contribution in [0.5, 0.6) is 5.75 Å². The zero-order valence-corrected chi connectivity index (χ0v) is 9.43. The fourth-order valence-corrected chi connectivity index (χ4v) is 1.47. The lowest BCUT2D eigenvalue weighted by molar-refractivity contribution is 0.0695. The highest BCUT2D eigenvalue weighted by Crippen LogP contribution is 2.31. The number of carboxylic acids is 1. The van der Waals surface area contributed by atoms with Gasteiger partial charge in [-0.1, -0.05) is 13.8 Å². The van der Waals surface area contributed by atoms with Crippen LogP contribution in [0.15, 0.2) is 12.3 Å². The van der Waals surface area contributed by atoms with E-state index < -0.39 is 5.97 Å². The van der Waals surface area contributed by atoms with Gasteiger partial charge in [0.1, 0.15) is 5.75 Å². The number of aromatic nitrogens is 1. The molecule has 1 heterocycles. The highest BCUT2D eigenvalue weighted by molar-refractivity contribution is 5.87. The standard InChI is InChI=1S/C12H15NO3/c1-7(2)11-10(16-9-3-4-9)5-8(6-13-11)12(14)15/h5-7,9H,3-4H2,1-2H3,(H,14,15). The molecular formula is C12H15NO3. The van der Waals surface area contributed by atoms with Gasteiger partial charge in [-0.05, 0) is 24.8 Å². The predicted molar refractivity (Wildman–Crippen MR) is 58.9 cm³/mol. The van der Waals surface area contributed by atoms with Gasteiger partial charge in [0.05, 0.1) is 17.4 Å². The Hall–Kier alpha value is -1.58. The molecule has 0 unspecified atom stereocenters. The molecule has 1 fully saturated rings. The van der Waals surface area contributed by atoms with Gasteiger partial charge >= 0.3 is 5.97 Å². The Bertz CT molecular complexity index is 411. The van der Waals surface area contributed by atoms with Crippen LogP contribution in [0.4, 0.5) is 0 Å².